The topological polar surface area (TPSA) is 133 Å². The van der Waals surface area contributed by atoms with Crippen molar-refractivity contribution in [2.75, 3.05) is 53.9 Å². The van der Waals surface area contributed by atoms with Gasteiger partial charge in [0.1, 0.15) is 28.9 Å². The third-order valence-electron chi connectivity index (χ3n) is 8.36. The number of rotatable bonds is 9. The van der Waals surface area contributed by atoms with Crippen LogP contribution in [0.5, 0.6) is 0 Å². The van der Waals surface area contributed by atoms with Crippen LogP contribution in [0.15, 0.2) is 67.5 Å². The van der Waals surface area contributed by atoms with Gasteiger partial charge in [0.25, 0.3) is 0 Å². The second-order valence-corrected chi connectivity index (χ2v) is 13.3. The number of carbonyl (C=O) groups excluding carboxylic acids is 1. The summed E-state index contributed by atoms with van der Waals surface area (Å²) in [5, 5.41) is 2.81. The van der Waals surface area contributed by atoms with Crippen LogP contribution < -0.4 is 19.8 Å². The van der Waals surface area contributed by atoms with Gasteiger partial charge < -0.3 is 24.8 Å². The summed E-state index contributed by atoms with van der Waals surface area (Å²) >= 11 is 0. The van der Waals surface area contributed by atoms with Crippen molar-refractivity contribution in [1.82, 2.24) is 20.3 Å². The molecule has 45 heavy (non-hydrogen) atoms. The number of nitrogens with one attached hydrogen (secondary N) is 3. The molecule has 13 heteroatoms. The summed E-state index contributed by atoms with van der Waals surface area (Å²) in [6, 6.07) is 13.5. The normalized spacial score (nSPS) is 18.0. The van der Waals surface area contributed by atoms with Crippen LogP contribution in [0.25, 0.3) is 22.3 Å². The van der Waals surface area contributed by atoms with Gasteiger partial charge in [-0.2, -0.15) is 0 Å². The third kappa shape index (κ3) is 6.64. The summed E-state index contributed by atoms with van der Waals surface area (Å²) in [5.74, 6) is -0.0342. The molecule has 2 fully saturated rings. The molecule has 4 aromatic rings. The van der Waals surface area contributed by atoms with Crippen molar-refractivity contribution in [3.63, 3.8) is 0 Å². The van der Waals surface area contributed by atoms with E-state index >= 15 is 4.39 Å². The zero-order chi connectivity index (χ0) is 31.6. The molecule has 2 aliphatic rings. The number of halogens is 1. The molecule has 2 atom stereocenters. The van der Waals surface area contributed by atoms with Crippen LogP contribution in [0.3, 0.4) is 0 Å². The first-order valence-corrected chi connectivity index (χ1v) is 16.5. The van der Waals surface area contributed by atoms with Gasteiger partial charge in [-0.05, 0) is 67.8 Å². The molecule has 6 rings (SSSR count). The lowest BCUT2D eigenvalue weighted by Crippen LogP contribution is -2.47. The maximum atomic E-state index is 15.5. The molecule has 2 saturated heterocycles. The van der Waals surface area contributed by atoms with E-state index in [9.17, 15) is 13.2 Å². The summed E-state index contributed by atoms with van der Waals surface area (Å²) < 4.78 is 50.3. The molecule has 1 amide bonds. The predicted molar refractivity (Wildman–Crippen MR) is 173 cm³/mol. The molecule has 3 N–H and O–H groups in total. The number of morpholine rings is 1. The number of sulfonamides is 1. The monoisotopic (exact) mass is 633 g/mol. The first kappa shape index (κ1) is 30.5. The van der Waals surface area contributed by atoms with Crippen molar-refractivity contribution in [2.24, 2.45) is 0 Å². The Kier molecular flexibility index (Phi) is 8.72. The number of amides is 1. The number of hydrogen-bond donors (Lipinski definition) is 3. The van der Waals surface area contributed by atoms with E-state index in [1.807, 2.05) is 24.3 Å². The number of carbonyl (C=O) groups is 1. The first-order chi connectivity index (χ1) is 21.7. The quantitative estimate of drug-likeness (QED) is 0.232. The summed E-state index contributed by atoms with van der Waals surface area (Å²) in [5.41, 5.74) is 2.99. The fourth-order valence-corrected chi connectivity index (χ4v) is 7.03. The number of aromatic amines is 1. The average Bonchev–Trinajstić information content (AvgIpc) is 3.49. The molecule has 0 aliphatic carbocycles. The molecular weight excluding hydrogens is 597 g/mol. The number of aromatic nitrogens is 3. The number of benzene rings is 2. The van der Waals surface area contributed by atoms with Gasteiger partial charge in [0.2, 0.25) is 15.9 Å². The van der Waals surface area contributed by atoms with E-state index in [2.05, 4.69) is 41.4 Å². The summed E-state index contributed by atoms with van der Waals surface area (Å²) in [7, 11) is -3.92. The lowest BCUT2D eigenvalue weighted by atomic mass is 10.0. The Bertz CT molecular complexity index is 1820. The number of piperidine rings is 1. The van der Waals surface area contributed by atoms with Gasteiger partial charge in [-0.15, -0.1) is 0 Å². The van der Waals surface area contributed by atoms with E-state index in [4.69, 9.17) is 4.74 Å². The first-order valence-electron chi connectivity index (χ1n) is 15.0. The minimum atomic E-state index is -3.92. The van der Waals surface area contributed by atoms with Gasteiger partial charge in [-0.25, -0.2) is 22.8 Å². The van der Waals surface area contributed by atoms with Crippen molar-refractivity contribution < 1.29 is 22.3 Å². The Morgan fingerprint density at radius 1 is 1.13 bits per heavy atom. The van der Waals surface area contributed by atoms with Gasteiger partial charge >= 0.3 is 0 Å². The van der Waals surface area contributed by atoms with Crippen LogP contribution >= 0.6 is 0 Å². The SMILES string of the molecule is C=CC(=O)N[C@@H]1CCCN(c2cccc(C(C)S(=O)(=O)Nc3ccc(-c4cc5c(N6CCOCC6)ncnc5[nH]4)c(F)c3)c2)C1. The van der Waals surface area contributed by atoms with Crippen LogP contribution in [0.2, 0.25) is 0 Å². The standard InChI is InChI=1S/C32H36FN7O4S/c1-3-30(41)36-24-7-5-11-40(19-24)25-8-4-6-22(16-25)21(2)45(42,43)38-23-9-10-26(28(33)17-23)29-18-27-31(37-29)34-20-35-32(27)39-12-14-44-15-13-39/h3-4,6,8-10,16-18,20-21,24,38H,1,5,7,11-15,19H2,2H3,(H,36,41)(H,34,35,37)/t21?,24-/m1/s1. The van der Waals surface area contributed by atoms with Crippen molar-refractivity contribution in [3.8, 4) is 11.3 Å². The highest BCUT2D eigenvalue weighted by Gasteiger charge is 2.26. The Balaban J connectivity index is 1.17. The Hall–Kier alpha value is -4.49. The maximum absolute atomic E-state index is 15.5. The number of ether oxygens (including phenoxy) is 1. The smallest absolute Gasteiger partial charge is 0.243 e. The molecule has 2 aromatic heterocycles. The molecule has 0 spiro atoms. The van der Waals surface area contributed by atoms with Crippen LogP contribution in [0.4, 0.5) is 21.6 Å². The molecule has 2 aromatic carbocycles. The zero-order valence-corrected chi connectivity index (χ0v) is 25.8. The average molecular weight is 634 g/mol. The highest BCUT2D eigenvalue weighted by Crippen LogP contribution is 2.33. The molecule has 0 saturated carbocycles. The largest absolute Gasteiger partial charge is 0.378 e. The Labute approximate surface area is 261 Å². The lowest BCUT2D eigenvalue weighted by molar-refractivity contribution is -0.117. The molecule has 0 radical (unpaired) electrons. The molecule has 11 nitrogen and oxygen atoms in total. The number of fused-ring (bicyclic) bond motifs is 1. The zero-order valence-electron chi connectivity index (χ0n) is 25.0. The summed E-state index contributed by atoms with van der Waals surface area (Å²) in [6.45, 7) is 9.15. The van der Waals surface area contributed by atoms with Crippen molar-refractivity contribution >= 4 is 44.2 Å². The Morgan fingerprint density at radius 2 is 1.96 bits per heavy atom. The molecule has 0 bridgehead atoms. The van der Waals surface area contributed by atoms with Crippen LogP contribution in [-0.4, -0.2) is 74.7 Å². The second-order valence-electron chi connectivity index (χ2n) is 11.3. The van der Waals surface area contributed by atoms with E-state index in [0.717, 1.165) is 36.3 Å². The minimum absolute atomic E-state index is 0.0160. The van der Waals surface area contributed by atoms with Crippen LogP contribution in [0.1, 0.15) is 30.6 Å². The van der Waals surface area contributed by atoms with E-state index in [-0.39, 0.29) is 23.2 Å². The number of H-pyrrole nitrogens is 1. The van der Waals surface area contributed by atoms with Gasteiger partial charge in [-0.1, -0.05) is 18.7 Å². The second kappa shape index (κ2) is 12.9. The molecule has 4 heterocycles. The number of hydrogen-bond acceptors (Lipinski definition) is 8. The Morgan fingerprint density at radius 3 is 2.73 bits per heavy atom. The number of nitrogens with zero attached hydrogens (tertiary/aromatic N) is 4. The highest BCUT2D eigenvalue weighted by atomic mass is 32.2. The van der Waals surface area contributed by atoms with Gasteiger partial charge in [0.15, 0.2) is 0 Å². The van der Waals surface area contributed by atoms with Crippen LogP contribution in [-0.2, 0) is 19.6 Å². The predicted octanol–water partition coefficient (Wildman–Crippen LogP) is 4.37. The van der Waals surface area contributed by atoms with E-state index in [1.54, 1.807) is 25.1 Å². The highest BCUT2D eigenvalue weighted by molar-refractivity contribution is 7.92. The van der Waals surface area contributed by atoms with Gasteiger partial charge in [0, 0.05) is 43.5 Å². The van der Waals surface area contributed by atoms with Crippen molar-refractivity contribution in [1.29, 1.82) is 0 Å². The van der Waals surface area contributed by atoms with Crippen molar-refractivity contribution in [3.05, 3.63) is 78.9 Å². The summed E-state index contributed by atoms with van der Waals surface area (Å²) in [4.78, 5) is 28.0. The van der Waals surface area contributed by atoms with Crippen LogP contribution in [0, 0.1) is 5.82 Å². The van der Waals surface area contributed by atoms with E-state index in [1.165, 1.54) is 18.5 Å². The summed E-state index contributed by atoms with van der Waals surface area (Å²) in [6.07, 6.45) is 4.50. The van der Waals surface area contributed by atoms with Gasteiger partial charge in [-0.3, -0.25) is 9.52 Å². The molecule has 1 unspecified atom stereocenters. The molecule has 2 aliphatic heterocycles. The fraction of sp³-hybridized carbons (Fsp3) is 0.344. The maximum Gasteiger partial charge on any atom is 0.243 e. The van der Waals surface area contributed by atoms with Crippen molar-refractivity contribution in [2.45, 2.75) is 31.1 Å². The molecule has 236 valence electrons. The lowest BCUT2D eigenvalue weighted by Gasteiger charge is -2.35. The van der Waals surface area contributed by atoms with E-state index < -0.39 is 21.1 Å². The molecular formula is C32H36FN7O4S. The minimum Gasteiger partial charge on any atom is -0.378 e. The fourth-order valence-electron chi connectivity index (χ4n) is 5.89. The van der Waals surface area contributed by atoms with E-state index in [0.29, 0.717) is 49.8 Å². The third-order valence-corrected chi connectivity index (χ3v) is 10.1. The van der Waals surface area contributed by atoms with Gasteiger partial charge in [0.05, 0.1) is 30.0 Å². The number of anilines is 3.